The summed E-state index contributed by atoms with van der Waals surface area (Å²) in [5, 5.41) is 9.17. The molecule has 1 heterocycles. The SMILES string of the molecule is CNC(=O)[C@H](CC1CCNCC1)NC(=O)c1ccc(OC(C)C)c(Cl)c1. The number of benzene rings is 1. The van der Waals surface area contributed by atoms with Gasteiger partial charge in [0.25, 0.3) is 5.91 Å². The number of hydrogen-bond acceptors (Lipinski definition) is 4. The van der Waals surface area contributed by atoms with Gasteiger partial charge in [-0.2, -0.15) is 0 Å². The molecule has 26 heavy (non-hydrogen) atoms. The number of amides is 2. The topological polar surface area (TPSA) is 79.5 Å². The Balaban J connectivity index is 2.05. The minimum absolute atomic E-state index is 0.00482. The highest BCUT2D eigenvalue weighted by molar-refractivity contribution is 6.32. The normalized spacial score (nSPS) is 16.2. The van der Waals surface area contributed by atoms with Crippen LogP contribution in [-0.2, 0) is 4.79 Å². The molecule has 1 aliphatic heterocycles. The van der Waals surface area contributed by atoms with Crippen LogP contribution in [0.5, 0.6) is 5.75 Å². The van der Waals surface area contributed by atoms with Crippen LogP contribution in [-0.4, -0.2) is 44.1 Å². The highest BCUT2D eigenvalue weighted by Gasteiger charge is 2.25. The number of piperidine rings is 1. The first-order valence-corrected chi connectivity index (χ1v) is 9.48. The van der Waals surface area contributed by atoms with Gasteiger partial charge in [0.15, 0.2) is 0 Å². The first-order chi connectivity index (χ1) is 12.4. The smallest absolute Gasteiger partial charge is 0.251 e. The van der Waals surface area contributed by atoms with Crippen molar-refractivity contribution in [2.45, 2.75) is 45.3 Å². The summed E-state index contributed by atoms with van der Waals surface area (Å²) in [7, 11) is 1.58. The number of carbonyl (C=O) groups excluding carboxylic acids is 2. The number of ether oxygens (including phenoxy) is 1. The van der Waals surface area contributed by atoms with Crippen molar-refractivity contribution in [3.8, 4) is 5.75 Å². The Labute approximate surface area is 160 Å². The standard InChI is InChI=1S/C19H28ClN3O3/c1-12(2)26-17-5-4-14(11-15(17)20)18(24)23-16(19(25)21-3)10-13-6-8-22-9-7-13/h4-5,11-13,16,22H,6-10H2,1-3H3,(H,21,25)(H,23,24)/t16-/m0/s1. The van der Waals surface area contributed by atoms with Crippen molar-refractivity contribution in [3.05, 3.63) is 28.8 Å². The third kappa shape index (κ3) is 5.88. The summed E-state index contributed by atoms with van der Waals surface area (Å²) in [6.07, 6.45) is 2.65. The quantitative estimate of drug-likeness (QED) is 0.677. The highest BCUT2D eigenvalue weighted by Crippen LogP contribution is 2.26. The van der Waals surface area contributed by atoms with Crippen molar-refractivity contribution in [2.75, 3.05) is 20.1 Å². The van der Waals surface area contributed by atoms with Gasteiger partial charge in [-0.1, -0.05) is 11.6 Å². The van der Waals surface area contributed by atoms with E-state index in [1.165, 1.54) is 0 Å². The molecular weight excluding hydrogens is 354 g/mol. The van der Waals surface area contributed by atoms with E-state index in [2.05, 4.69) is 16.0 Å². The van der Waals surface area contributed by atoms with E-state index in [1.807, 2.05) is 13.8 Å². The van der Waals surface area contributed by atoms with Gasteiger partial charge in [0.05, 0.1) is 11.1 Å². The van der Waals surface area contributed by atoms with Gasteiger partial charge < -0.3 is 20.7 Å². The van der Waals surface area contributed by atoms with Crippen LogP contribution in [0.1, 0.15) is 43.5 Å². The van der Waals surface area contributed by atoms with E-state index in [-0.39, 0.29) is 17.9 Å². The third-order valence-corrected chi connectivity index (χ3v) is 4.75. The van der Waals surface area contributed by atoms with Crippen LogP contribution in [0.3, 0.4) is 0 Å². The summed E-state index contributed by atoms with van der Waals surface area (Å²) >= 11 is 6.21. The first-order valence-electron chi connectivity index (χ1n) is 9.10. The molecule has 144 valence electrons. The van der Waals surface area contributed by atoms with Gasteiger partial charge in [0.1, 0.15) is 11.8 Å². The summed E-state index contributed by atoms with van der Waals surface area (Å²) in [5.41, 5.74) is 0.408. The van der Waals surface area contributed by atoms with Gasteiger partial charge >= 0.3 is 0 Å². The van der Waals surface area contributed by atoms with E-state index in [0.717, 1.165) is 25.9 Å². The van der Waals surface area contributed by atoms with Crippen LogP contribution in [0.2, 0.25) is 5.02 Å². The summed E-state index contributed by atoms with van der Waals surface area (Å²) in [5.74, 6) is 0.466. The lowest BCUT2D eigenvalue weighted by Crippen LogP contribution is -2.47. The van der Waals surface area contributed by atoms with Crippen LogP contribution in [0.25, 0.3) is 0 Å². The van der Waals surface area contributed by atoms with Crippen molar-refractivity contribution in [1.82, 2.24) is 16.0 Å². The van der Waals surface area contributed by atoms with Gasteiger partial charge in [-0.05, 0) is 70.3 Å². The van der Waals surface area contributed by atoms with E-state index in [1.54, 1.807) is 25.2 Å². The zero-order valence-corrected chi connectivity index (χ0v) is 16.4. The maximum atomic E-state index is 12.6. The maximum Gasteiger partial charge on any atom is 0.251 e. The maximum absolute atomic E-state index is 12.6. The minimum Gasteiger partial charge on any atom is -0.489 e. The van der Waals surface area contributed by atoms with E-state index in [9.17, 15) is 9.59 Å². The lowest BCUT2D eigenvalue weighted by Gasteiger charge is -2.27. The van der Waals surface area contributed by atoms with Gasteiger partial charge in [0, 0.05) is 12.6 Å². The van der Waals surface area contributed by atoms with Crippen molar-refractivity contribution < 1.29 is 14.3 Å². The molecule has 2 rings (SSSR count). The molecule has 2 amide bonds. The fourth-order valence-corrected chi connectivity index (χ4v) is 3.31. The summed E-state index contributed by atoms with van der Waals surface area (Å²) < 4.78 is 5.58. The van der Waals surface area contributed by atoms with Crippen LogP contribution in [0.15, 0.2) is 18.2 Å². The Morgan fingerprint density at radius 2 is 2.00 bits per heavy atom. The lowest BCUT2D eigenvalue weighted by atomic mass is 9.90. The Hall–Kier alpha value is -1.79. The Kier molecular flexibility index (Phi) is 7.72. The number of rotatable bonds is 7. The van der Waals surface area contributed by atoms with E-state index >= 15 is 0 Å². The Morgan fingerprint density at radius 3 is 2.58 bits per heavy atom. The molecule has 1 fully saturated rings. The van der Waals surface area contributed by atoms with Crippen molar-refractivity contribution in [3.63, 3.8) is 0 Å². The second-order valence-electron chi connectivity index (χ2n) is 6.88. The molecule has 0 aliphatic carbocycles. The zero-order chi connectivity index (χ0) is 19.1. The van der Waals surface area contributed by atoms with E-state index < -0.39 is 6.04 Å². The third-order valence-electron chi connectivity index (χ3n) is 4.45. The average Bonchev–Trinajstić information content (AvgIpc) is 2.62. The number of carbonyl (C=O) groups is 2. The van der Waals surface area contributed by atoms with Crippen molar-refractivity contribution in [1.29, 1.82) is 0 Å². The average molecular weight is 382 g/mol. The van der Waals surface area contributed by atoms with Crippen LogP contribution in [0.4, 0.5) is 0 Å². The summed E-state index contributed by atoms with van der Waals surface area (Å²) in [4.78, 5) is 24.8. The van der Waals surface area contributed by atoms with Gasteiger partial charge in [-0.3, -0.25) is 9.59 Å². The highest BCUT2D eigenvalue weighted by atomic mass is 35.5. The Morgan fingerprint density at radius 1 is 1.31 bits per heavy atom. The molecule has 0 saturated carbocycles. The summed E-state index contributed by atoms with van der Waals surface area (Å²) in [6, 6.07) is 4.35. The molecule has 0 bridgehead atoms. The molecule has 7 heteroatoms. The van der Waals surface area contributed by atoms with E-state index in [4.69, 9.17) is 16.3 Å². The van der Waals surface area contributed by atoms with Crippen LogP contribution in [0, 0.1) is 5.92 Å². The molecule has 0 aromatic heterocycles. The number of likely N-dealkylation sites (N-methyl/N-ethyl adjacent to an activating group) is 1. The first kappa shape index (κ1) is 20.5. The fraction of sp³-hybridized carbons (Fsp3) is 0.579. The molecule has 6 nitrogen and oxygen atoms in total. The number of nitrogens with one attached hydrogen (secondary N) is 3. The fourth-order valence-electron chi connectivity index (χ4n) is 3.09. The second-order valence-corrected chi connectivity index (χ2v) is 7.29. The second kappa shape index (κ2) is 9.78. The van der Waals surface area contributed by atoms with Crippen molar-refractivity contribution in [2.24, 2.45) is 5.92 Å². The molecule has 1 atom stereocenters. The number of halogens is 1. The van der Waals surface area contributed by atoms with Crippen LogP contribution < -0.4 is 20.7 Å². The molecule has 0 radical (unpaired) electrons. The predicted octanol–water partition coefficient (Wildman–Crippen LogP) is 2.36. The zero-order valence-electron chi connectivity index (χ0n) is 15.6. The number of hydrogen-bond donors (Lipinski definition) is 3. The molecule has 3 N–H and O–H groups in total. The van der Waals surface area contributed by atoms with Gasteiger partial charge in [-0.25, -0.2) is 0 Å². The van der Waals surface area contributed by atoms with Crippen LogP contribution >= 0.6 is 11.6 Å². The molecule has 0 spiro atoms. The Bertz CT molecular complexity index is 630. The van der Waals surface area contributed by atoms with E-state index in [0.29, 0.717) is 28.7 Å². The lowest BCUT2D eigenvalue weighted by molar-refractivity contribution is -0.122. The largest absolute Gasteiger partial charge is 0.489 e. The molecule has 1 saturated heterocycles. The van der Waals surface area contributed by atoms with Crippen molar-refractivity contribution >= 4 is 23.4 Å². The molecule has 1 aromatic rings. The van der Waals surface area contributed by atoms with Gasteiger partial charge in [0.2, 0.25) is 5.91 Å². The summed E-state index contributed by atoms with van der Waals surface area (Å²) in [6.45, 7) is 5.72. The molecule has 0 unspecified atom stereocenters. The molecular formula is C19H28ClN3O3. The molecule has 1 aliphatic rings. The monoisotopic (exact) mass is 381 g/mol. The predicted molar refractivity (Wildman–Crippen MR) is 103 cm³/mol. The molecule has 1 aromatic carbocycles. The van der Waals surface area contributed by atoms with Gasteiger partial charge in [-0.15, -0.1) is 0 Å². The minimum atomic E-state index is -0.555.